The van der Waals surface area contributed by atoms with Gasteiger partial charge in [-0.2, -0.15) is 10.4 Å². The van der Waals surface area contributed by atoms with Crippen molar-refractivity contribution in [3.8, 4) is 23.1 Å². The minimum Gasteiger partial charge on any atom is -0.491 e. The number of hydrogen-bond acceptors (Lipinski definition) is 5. The second-order valence-corrected chi connectivity index (χ2v) is 7.55. The molecule has 1 unspecified atom stereocenters. The molecule has 0 spiro atoms. The van der Waals surface area contributed by atoms with Crippen molar-refractivity contribution in [1.82, 2.24) is 9.78 Å². The van der Waals surface area contributed by atoms with Crippen molar-refractivity contribution in [2.24, 2.45) is 0 Å². The maximum Gasteiger partial charge on any atom is 0.194 e. The van der Waals surface area contributed by atoms with Crippen molar-refractivity contribution in [1.29, 1.82) is 5.26 Å². The number of ether oxygens (including phenoxy) is 1. The molecule has 1 aromatic heterocycles. The summed E-state index contributed by atoms with van der Waals surface area (Å²) in [7, 11) is 0. The van der Waals surface area contributed by atoms with E-state index in [1.165, 1.54) is 0 Å². The summed E-state index contributed by atoms with van der Waals surface area (Å²) < 4.78 is 7.44. The topological polar surface area (TPSA) is 88.1 Å². The number of carbonyl (C=O) groups excluding carboxylic acids is 1. The van der Waals surface area contributed by atoms with Crippen LogP contribution in [-0.2, 0) is 13.0 Å². The summed E-state index contributed by atoms with van der Waals surface area (Å²) in [5.74, 6) is 0.628. The Kier molecular flexibility index (Phi) is 4.73. The molecule has 1 aliphatic rings. The third-order valence-electron chi connectivity index (χ3n) is 5.48. The quantitative estimate of drug-likeness (QED) is 0.461. The summed E-state index contributed by atoms with van der Waals surface area (Å²) >= 11 is 0. The minimum atomic E-state index is -0.787. The van der Waals surface area contributed by atoms with E-state index in [1.54, 1.807) is 16.8 Å². The molecule has 6 heteroatoms. The fourth-order valence-electron chi connectivity index (χ4n) is 4.02. The zero-order chi connectivity index (χ0) is 21.4. The number of benzene rings is 3. The molecule has 5 rings (SSSR count). The van der Waals surface area contributed by atoms with Crippen molar-refractivity contribution < 1.29 is 14.6 Å². The summed E-state index contributed by atoms with van der Waals surface area (Å²) in [4.78, 5) is 12.9. The summed E-state index contributed by atoms with van der Waals surface area (Å²) in [6.07, 6.45) is -0.435. The average Bonchev–Trinajstić information content (AvgIpc) is 3.16. The molecule has 1 aliphatic carbocycles. The van der Waals surface area contributed by atoms with E-state index >= 15 is 0 Å². The van der Waals surface area contributed by atoms with E-state index in [0.717, 1.165) is 27.7 Å². The number of hydrogen-bond donors (Lipinski definition) is 1. The first-order chi connectivity index (χ1) is 15.2. The number of fused-ring (bicyclic) bond motifs is 2. The van der Waals surface area contributed by atoms with Crippen molar-refractivity contribution >= 4 is 16.7 Å². The number of carbonyl (C=O) groups is 1. The van der Waals surface area contributed by atoms with Crippen LogP contribution in [0.2, 0.25) is 0 Å². The molecule has 0 saturated carbocycles. The lowest BCUT2D eigenvalue weighted by Gasteiger charge is -2.14. The predicted octanol–water partition coefficient (Wildman–Crippen LogP) is 3.75. The van der Waals surface area contributed by atoms with Crippen LogP contribution in [0.15, 0.2) is 66.7 Å². The number of aliphatic hydroxyl groups excluding tert-OH is 1. The largest absolute Gasteiger partial charge is 0.491 e. The van der Waals surface area contributed by atoms with Gasteiger partial charge in [-0.15, -0.1) is 0 Å². The summed E-state index contributed by atoms with van der Waals surface area (Å²) in [6, 6.07) is 22.4. The number of nitriles is 1. The molecule has 1 atom stereocenters. The monoisotopic (exact) mass is 409 g/mol. The highest BCUT2D eigenvalue weighted by atomic mass is 16.5. The van der Waals surface area contributed by atoms with Gasteiger partial charge in [0, 0.05) is 22.1 Å². The molecule has 3 aromatic carbocycles. The standard InChI is InChI=1S/C25H19N3O3/c26-13-12-16-8-10-18(11-9-16)31-15-17(29)14-28-22-7-3-6-21-23(22)24(27-28)19-4-1-2-5-20(19)25(21)30/h1-11,17,29H,12,14-15H2. The van der Waals surface area contributed by atoms with Crippen LogP contribution in [0.1, 0.15) is 21.5 Å². The molecule has 31 heavy (non-hydrogen) atoms. The Balaban J connectivity index is 1.39. The van der Waals surface area contributed by atoms with E-state index in [2.05, 4.69) is 6.07 Å². The number of aromatic nitrogens is 2. The van der Waals surface area contributed by atoms with E-state index in [1.807, 2.05) is 54.6 Å². The van der Waals surface area contributed by atoms with Gasteiger partial charge in [0.05, 0.1) is 24.6 Å². The minimum absolute atomic E-state index is 0.00280. The lowest BCUT2D eigenvalue weighted by atomic mass is 9.87. The fraction of sp³-hybridized carbons (Fsp3) is 0.160. The summed E-state index contributed by atoms with van der Waals surface area (Å²) in [6.45, 7) is 0.340. The Labute approximate surface area is 178 Å². The van der Waals surface area contributed by atoms with Crippen molar-refractivity contribution in [2.75, 3.05) is 6.61 Å². The summed E-state index contributed by atoms with van der Waals surface area (Å²) in [5, 5.41) is 24.9. The van der Waals surface area contributed by atoms with Crippen LogP contribution in [0.5, 0.6) is 5.75 Å². The molecule has 0 aliphatic heterocycles. The summed E-state index contributed by atoms with van der Waals surface area (Å²) in [5.41, 5.74) is 4.61. The van der Waals surface area contributed by atoms with Gasteiger partial charge in [-0.1, -0.05) is 48.5 Å². The lowest BCUT2D eigenvalue weighted by Crippen LogP contribution is -2.24. The molecule has 0 fully saturated rings. The molecule has 6 nitrogen and oxygen atoms in total. The van der Waals surface area contributed by atoms with E-state index in [4.69, 9.17) is 15.1 Å². The molecular weight excluding hydrogens is 390 g/mol. The highest BCUT2D eigenvalue weighted by molar-refractivity contribution is 6.25. The second kappa shape index (κ2) is 7.71. The molecule has 1 N–H and O–H groups in total. The molecule has 0 amide bonds. The molecule has 0 radical (unpaired) electrons. The Morgan fingerprint density at radius 2 is 1.74 bits per heavy atom. The first-order valence-corrected chi connectivity index (χ1v) is 10.1. The maximum atomic E-state index is 12.9. The Morgan fingerprint density at radius 1 is 1.00 bits per heavy atom. The van der Waals surface area contributed by atoms with Crippen molar-refractivity contribution in [2.45, 2.75) is 19.1 Å². The van der Waals surface area contributed by atoms with Gasteiger partial charge in [-0.05, 0) is 23.8 Å². The third kappa shape index (κ3) is 3.35. The molecule has 152 valence electrons. The highest BCUT2D eigenvalue weighted by Gasteiger charge is 2.28. The zero-order valence-corrected chi connectivity index (χ0v) is 16.7. The van der Waals surface area contributed by atoms with Gasteiger partial charge in [-0.3, -0.25) is 9.48 Å². The van der Waals surface area contributed by atoms with E-state index in [9.17, 15) is 9.90 Å². The van der Waals surface area contributed by atoms with Crippen LogP contribution < -0.4 is 4.74 Å². The Morgan fingerprint density at radius 3 is 2.52 bits per heavy atom. The van der Waals surface area contributed by atoms with Crippen molar-refractivity contribution in [3.63, 3.8) is 0 Å². The van der Waals surface area contributed by atoms with Crippen LogP contribution in [0.4, 0.5) is 0 Å². The highest BCUT2D eigenvalue weighted by Crippen LogP contribution is 2.38. The van der Waals surface area contributed by atoms with Gasteiger partial charge in [0.15, 0.2) is 5.78 Å². The Bertz CT molecular complexity index is 1330. The van der Waals surface area contributed by atoms with Crippen LogP contribution >= 0.6 is 0 Å². The first kappa shape index (κ1) is 19.0. The van der Waals surface area contributed by atoms with Crippen LogP contribution in [0.3, 0.4) is 0 Å². The molecule has 0 saturated heterocycles. The van der Waals surface area contributed by atoms with Crippen LogP contribution in [-0.4, -0.2) is 33.4 Å². The number of aliphatic hydroxyl groups is 1. The predicted molar refractivity (Wildman–Crippen MR) is 116 cm³/mol. The molecule has 0 bridgehead atoms. The van der Waals surface area contributed by atoms with E-state index in [-0.39, 0.29) is 18.9 Å². The van der Waals surface area contributed by atoms with Crippen molar-refractivity contribution in [3.05, 3.63) is 83.4 Å². The SMILES string of the molecule is N#CCc1ccc(OCC(O)Cn2nc3c4c(cccc42)C(=O)c2ccccc2-3)cc1. The average molecular weight is 409 g/mol. The van der Waals surface area contributed by atoms with Gasteiger partial charge in [0.25, 0.3) is 0 Å². The smallest absolute Gasteiger partial charge is 0.194 e. The third-order valence-corrected chi connectivity index (χ3v) is 5.48. The lowest BCUT2D eigenvalue weighted by molar-refractivity contribution is 0.0905. The fourth-order valence-corrected chi connectivity index (χ4v) is 4.02. The second-order valence-electron chi connectivity index (χ2n) is 7.55. The first-order valence-electron chi connectivity index (χ1n) is 10.1. The molecule has 1 heterocycles. The van der Waals surface area contributed by atoms with Crippen LogP contribution in [0.25, 0.3) is 22.2 Å². The number of rotatable bonds is 6. The Hall–Kier alpha value is -3.95. The van der Waals surface area contributed by atoms with E-state index in [0.29, 0.717) is 23.3 Å². The van der Waals surface area contributed by atoms with E-state index < -0.39 is 6.10 Å². The van der Waals surface area contributed by atoms with Gasteiger partial charge in [-0.25, -0.2) is 0 Å². The molecule has 4 aromatic rings. The van der Waals surface area contributed by atoms with Gasteiger partial charge >= 0.3 is 0 Å². The number of nitrogens with zero attached hydrogens (tertiary/aromatic N) is 3. The maximum absolute atomic E-state index is 12.9. The van der Waals surface area contributed by atoms with Crippen LogP contribution in [0, 0.1) is 11.3 Å². The van der Waals surface area contributed by atoms with Gasteiger partial charge in [0.1, 0.15) is 24.2 Å². The zero-order valence-electron chi connectivity index (χ0n) is 16.7. The van der Waals surface area contributed by atoms with Gasteiger partial charge in [0.2, 0.25) is 0 Å². The number of ketones is 1. The normalized spacial score (nSPS) is 13.0. The molecular formula is C25H19N3O3. The van der Waals surface area contributed by atoms with Gasteiger partial charge < -0.3 is 9.84 Å².